The van der Waals surface area contributed by atoms with Gasteiger partial charge in [-0.25, -0.2) is 13.1 Å². The second-order valence-corrected chi connectivity index (χ2v) is 10.3. The minimum atomic E-state index is -3.77. The number of likely N-dealkylation sites (N-methyl/N-ethyl adjacent to an activating group) is 1. The van der Waals surface area contributed by atoms with Crippen LogP contribution in [0.1, 0.15) is 49.0 Å². The standard InChI is InChI=1S/C24H33ClN2O4S/c1-18(2)26-32(29,30)24-17-20(12-13-23(24)31-4)22(28)11-7-8-15-27(3)16-14-19-9-5-6-10-21(19)25/h5-6,9-10,12-13,17-18,26H,7-8,11,14-16H2,1-4H3. The highest BCUT2D eigenvalue weighted by Gasteiger charge is 2.22. The molecule has 0 unspecified atom stereocenters. The van der Waals surface area contributed by atoms with E-state index < -0.39 is 10.0 Å². The Balaban J connectivity index is 1.87. The Morgan fingerprint density at radius 3 is 2.50 bits per heavy atom. The van der Waals surface area contributed by atoms with E-state index in [0.717, 1.165) is 42.9 Å². The van der Waals surface area contributed by atoms with Crippen molar-refractivity contribution in [3.05, 3.63) is 58.6 Å². The number of halogens is 1. The molecule has 0 radical (unpaired) electrons. The summed E-state index contributed by atoms with van der Waals surface area (Å²) in [7, 11) is -0.304. The molecule has 2 aromatic rings. The molecule has 6 nitrogen and oxygen atoms in total. The second kappa shape index (κ2) is 12.3. The van der Waals surface area contributed by atoms with Crippen molar-refractivity contribution in [2.45, 2.75) is 50.5 Å². The molecule has 0 saturated heterocycles. The number of methoxy groups -OCH3 is 1. The van der Waals surface area contributed by atoms with Gasteiger partial charge in [0, 0.05) is 29.6 Å². The number of carbonyl (C=O) groups excluding carboxylic acids is 1. The monoisotopic (exact) mass is 480 g/mol. The Morgan fingerprint density at radius 1 is 1.12 bits per heavy atom. The van der Waals surface area contributed by atoms with Gasteiger partial charge >= 0.3 is 0 Å². The lowest BCUT2D eigenvalue weighted by Crippen LogP contribution is -2.30. The van der Waals surface area contributed by atoms with Gasteiger partial charge in [0.15, 0.2) is 5.78 Å². The zero-order chi connectivity index (χ0) is 23.7. The summed E-state index contributed by atoms with van der Waals surface area (Å²) in [6.07, 6.45) is 2.85. The second-order valence-electron chi connectivity index (χ2n) is 8.17. The van der Waals surface area contributed by atoms with Crippen LogP contribution < -0.4 is 9.46 Å². The predicted octanol–water partition coefficient (Wildman–Crippen LogP) is 4.56. The average molecular weight is 481 g/mol. The highest BCUT2D eigenvalue weighted by atomic mass is 35.5. The largest absolute Gasteiger partial charge is 0.495 e. The predicted molar refractivity (Wildman–Crippen MR) is 129 cm³/mol. The number of nitrogens with one attached hydrogen (secondary N) is 1. The molecule has 8 heteroatoms. The topological polar surface area (TPSA) is 75.7 Å². The lowest BCUT2D eigenvalue weighted by atomic mass is 10.1. The van der Waals surface area contributed by atoms with E-state index in [-0.39, 0.29) is 22.5 Å². The number of hydrogen-bond acceptors (Lipinski definition) is 5. The zero-order valence-corrected chi connectivity index (χ0v) is 20.8. The molecule has 0 aromatic heterocycles. The molecule has 32 heavy (non-hydrogen) atoms. The first-order valence-corrected chi connectivity index (χ1v) is 12.7. The number of benzene rings is 2. The van der Waals surface area contributed by atoms with Gasteiger partial charge in [-0.05, 0) is 76.5 Å². The van der Waals surface area contributed by atoms with Crippen molar-refractivity contribution in [1.29, 1.82) is 0 Å². The minimum Gasteiger partial charge on any atom is -0.495 e. The van der Waals surface area contributed by atoms with E-state index in [1.54, 1.807) is 19.9 Å². The number of hydrogen-bond donors (Lipinski definition) is 1. The fourth-order valence-corrected chi connectivity index (χ4v) is 5.05. The molecule has 2 aromatic carbocycles. The lowest BCUT2D eigenvalue weighted by Gasteiger charge is -2.17. The molecular weight excluding hydrogens is 448 g/mol. The van der Waals surface area contributed by atoms with Gasteiger partial charge in [-0.1, -0.05) is 29.8 Å². The smallest absolute Gasteiger partial charge is 0.244 e. The minimum absolute atomic E-state index is 0.0149. The van der Waals surface area contributed by atoms with Crippen LogP contribution in [0.4, 0.5) is 0 Å². The molecule has 0 aliphatic carbocycles. The van der Waals surface area contributed by atoms with Crippen molar-refractivity contribution in [3.63, 3.8) is 0 Å². The van der Waals surface area contributed by atoms with Gasteiger partial charge < -0.3 is 9.64 Å². The summed E-state index contributed by atoms with van der Waals surface area (Å²) >= 11 is 6.20. The molecule has 0 bridgehead atoms. The van der Waals surface area contributed by atoms with E-state index in [1.807, 2.05) is 24.3 Å². The maximum atomic E-state index is 12.7. The number of sulfonamides is 1. The normalized spacial score (nSPS) is 11.8. The number of ketones is 1. The number of carbonyl (C=O) groups is 1. The van der Waals surface area contributed by atoms with Crippen molar-refractivity contribution in [1.82, 2.24) is 9.62 Å². The van der Waals surface area contributed by atoms with E-state index in [9.17, 15) is 13.2 Å². The first kappa shape index (κ1) is 26.3. The molecular formula is C24H33ClN2O4S. The van der Waals surface area contributed by atoms with Crippen LogP contribution in [0.2, 0.25) is 5.02 Å². The van der Waals surface area contributed by atoms with Gasteiger partial charge in [0.05, 0.1) is 7.11 Å². The number of rotatable bonds is 13. The van der Waals surface area contributed by atoms with Gasteiger partial charge in [-0.3, -0.25) is 4.79 Å². The van der Waals surface area contributed by atoms with Crippen LogP contribution in [0.5, 0.6) is 5.75 Å². The summed E-state index contributed by atoms with van der Waals surface area (Å²) in [5.74, 6) is 0.141. The number of unbranched alkanes of at least 4 members (excludes halogenated alkanes) is 1. The van der Waals surface area contributed by atoms with E-state index >= 15 is 0 Å². The van der Waals surface area contributed by atoms with Crippen molar-refractivity contribution in [2.75, 3.05) is 27.2 Å². The van der Waals surface area contributed by atoms with E-state index in [0.29, 0.717) is 12.0 Å². The van der Waals surface area contributed by atoms with Crippen molar-refractivity contribution >= 4 is 27.4 Å². The van der Waals surface area contributed by atoms with Crippen LogP contribution in [0.3, 0.4) is 0 Å². The SMILES string of the molecule is COc1ccc(C(=O)CCCCN(C)CCc2ccccc2Cl)cc1S(=O)(=O)NC(C)C. The Hall–Kier alpha value is -1.93. The zero-order valence-electron chi connectivity index (χ0n) is 19.2. The fraction of sp³-hybridized carbons (Fsp3) is 0.458. The van der Waals surface area contributed by atoms with E-state index in [1.165, 1.54) is 19.2 Å². The molecule has 0 amide bonds. The molecule has 0 fully saturated rings. The summed E-state index contributed by atoms with van der Waals surface area (Å²) in [4.78, 5) is 14.9. The number of nitrogens with zero attached hydrogens (tertiary/aromatic N) is 1. The Bertz CT molecular complexity index is 1010. The molecule has 0 spiro atoms. The highest BCUT2D eigenvalue weighted by Crippen LogP contribution is 2.26. The molecule has 0 atom stereocenters. The molecule has 0 heterocycles. The average Bonchev–Trinajstić information content (AvgIpc) is 2.74. The molecule has 0 saturated carbocycles. The van der Waals surface area contributed by atoms with Crippen molar-refractivity contribution in [3.8, 4) is 5.75 Å². The third kappa shape index (κ3) is 7.89. The maximum absolute atomic E-state index is 12.7. The number of ether oxygens (including phenoxy) is 1. The van der Waals surface area contributed by atoms with Crippen molar-refractivity contribution < 1.29 is 17.9 Å². The quantitative estimate of drug-likeness (QED) is 0.336. The van der Waals surface area contributed by atoms with Gasteiger partial charge in [-0.2, -0.15) is 0 Å². The van der Waals surface area contributed by atoms with Crippen LogP contribution in [0.15, 0.2) is 47.4 Å². The first-order chi connectivity index (χ1) is 15.1. The summed E-state index contributed by atoms with van der Waals surface area (Å²) in [6, 6.07) is 12.1. The Labute approximate surface area is 197 Å². The van der Waals surface area contributed by atoms with Gasteiger partial charge in [0.2, 0.25) is 10.0 Å². The third-order valence-electron chi connectivity index (χ3n) is 5.08. The van der Waals surface area contributed by atoms with Crippen LogP contribution in [0, 0.1) is 0 Å². The molecule has 0 aliphatic heterocycles. The molecule has 1 N–H and O–H groups in total. The first-order valence-electron chi connectivity index (χ1n) is 10.8. The highest BCUT2D eigenvalue weighted by molar-refractivity contribution is 7.89. The van der Waals surface area contributed by atoms with E-state index in [4.69, 9.17) is 16.3 Å². The molecule has 0 aliphatic rings. The lowest BCUT2D eigenvalue weighted by molar-refractivity contribution is 0.0978. The van der Waals surface area contributed by atoms with Crippen molar-refractivity contribution in [2.24, 2.45) is 0 Å². The van der Waals surface area contributed by atoms with E-state index in [2.05, 4.69) is 16.7 Å². The fourth-order valence-electron chi connectivity index (χ4n) is 3.37. The van der Waals surface area contributed by atoms with Gasteiger partial charge in [0.25, 0.3) is 0 Å². The Kier molecular flexibility index (Phi) is 10.2. The summed E-state index contributed by atoms with van der Waals surface area (Å²) < 4.78 is 32.9. The summed E-state index contributed by atoms with van der Waals surface area (Å²) in [5, 5.41) is 0.788. The van der Waals surface area contributed by atoms with Gasteiger partial charge in [-0.15, -0.1) is 0 Å². The van der Waals surface area contributed by atoms with Crippen LogP contribution in [-0.4, -0.2) is 52.4 Å². The third-order valence-corrected chi connectivity index (χ3v) is 7.13. The summed E-state index contributed by atoms with van der Waals surface area (Å²) in [6.45, 7) is 5.24. The van der Waals surface area contributed by atoms with Gasteiger partial charge in [0.1, 0.15) is 10.6 Å². The van der Waals surface area contributed by atoms with Crippen LogP contribution in [-0.2, 0) is 16.4 Å². The van der Waals surface area contributed by atoms with Crippen LogP contribution >= 0.6 is 11.6 Å². The Morgan fingerprint density at radius 2 is 1.84 bits per heavy atom. The number of Topliss-reactive ketones (excluding diaryl/α,β-unsaturated/α-hetero) is 1. The molecule has 176 valence electrons. The molecule has 2 rings (SSSR count). The maximum Gasteiger partial charge on any atom is 0.244 e. The summed E-state index contributed by atoms with van der Waals surface area (Å²) in [5.41, 5.74) is 1.51. The van der Waals surface area contributed by atoms with Crippen LogP contribution in [0.25, 0.3) is 0 Å².